The van der Waals surface area contributed by atoms with Gasteiger partial charge in [0.1, 0.15) is 11.4 Å². The fraction of sp³-hybridized carbons (Fsp3) is 0.444. The van der Waals surface area contributed by atoms with Crippen LogP contribution >= 0.6 is 0 Å². The molecule has 0 bridgehead atoms. The van der Waals surface area contributed by atoms with Crippen LogP contribution in [-0.4, -0.2) is 34.3 Å². The standard InChI is InChI=1S/C18H23N3O3/c1-3-15-17(12(2)24-20-15)19-18(23)21(10-11-22)16-9-8-13-6-4-5-7-14(13)16/h4-7,16,22H,3,8-11H2,1-2H3,(H,19,23). The van der Waals surface area contributed by atoms with Crippen LogP contribution in [0.5, 0.6) is 0 Å². The Bertz CT molecular complexity index is 726. The molecule has 2 aromatic rings. The van der Waals surface area contributed by atoms with Crippen molar-refractivity contribution in [3.63, 3.8) is 0 Å². The topological polar surface area (TPSA) is 78.6 Å². The van der Waals surface area contributed by atoms with Crippen LogP contribution in [0.2, 0.25) is 0 Å². The number of aryl methyl sites for hydroxylation is 3. The highest BCUT2D eigenvalue weighted by atomic mass is 16.5. The van der Waals surface area contributed by atoms with Gasteiger partial charge >= 0.3 is 6.03 Å². The maximum atomic E-state index is 12.9. The Labute approximate surface area is 141 Å². The van der Waals surface area contributed by atoms with E-state index in [1.54, 1.807) is 11.8 Å². The normalized spacial score (nSPS) is 16.0. The number of anilines is 1. The Morgan fingerprint density at radius 2 is 2.25 bits per heavy atom. The van der Waals surface area contributed by atoms with Crippen molar-refractivity contribution in [3.05, 3.63) is 46.8 Å². The number of carbonyl (C=O) groups excluding carboxylic acids is 1. The first-order valence-electron chi connectivity index (χ1n) is 8.37. The van der Waals surface area contributed by atoms with E-state index in [2.05, 4.69) is 22.6 Å². The highest BCUT2D eigenvalue weighted by Gasteiger charge is 2.31. The van der Waals surface area contributed by atoms with Crippen LogP contribution in [0.15, 0.2) is 28.8 Å². The van der Waals surface area contributed by atoms with Crippen molar-refractivity contribution in [2.75, 3.05) is 18.5 Å². The van der Waals surface area contributed by atoms with Gasteiger partial charge in [0.25, 0.3) is 0 Å². The SMILES string of the molecule is CCc1noc(C)c1NC(=O)N(CCO)C1CCc2ccccc21. The highest BCUT2D eigenvalue weighted by molar-refractivity contribution is 5.90. The Morgan fingerprint density at radius 3 is 3.00 bits per heavy atom. The van der Waals surface area contributed by atoms with Gasteiger partial charge in [-0.05, 0) is 37.3 Å². The fourth-order valence-corrected chi connectivity index (χ4v) is 3.36. The third-order valence-corrected chi connectivity index (χ3v) is 4.58. The quantitative estimate of drug-likeness (QED) is 0.883. The van der Waals surface area contributed by atoms with E-state index in [0.717, 1.165) is 18.5 Å². The Balaban J connectivity index is 1.83. The fourth-order valence-electron chi connectivity index (χ4n) is 3.36. The maximum absolute atomic E-state index is 12.9. The lowest BCUT2D eigenvalue weighted by Crippen LogP contribution is -2.39. The van der Waals surface area contributed by atoms with Gasteiger partial charge in [-0.3, -0.25) is 0 Å². The van der Waals surface area contributed by atoms with Gasteiger partial charge in [0.2, 0.25) is 0 Å². The summed E-state index contributed by atoms with van der Waals surface area (Å²) in [6.45, 7) is 3.96. The maximum Gasteiger partial charge on any atom is 0.322 e. The van der Waals surface area contributed by atoms with Crippen LogP contribution in [0.25, 0.3) is 0 Å². The molecule has 1 aromatic carbocycles. The monoisotopic (exact) mass is 329 g/mol. The average Bonchev–Trinajstić information content (AvgIpc) is 3.17. The molecule has 0 saturated heterocycles. The molecule has 1 aliphatic carbocycles. The van der Waals surface area contributed by atoms with Gasteiger partial charge in [-0.15, -0.1) is 0 Å². The second kappa shape index (κ2) is 7.05. The molecule has 0 spiro atoms. The number of aromatic nitrogens is 1. The molecule has 3 rings (SSSR count). The first-order valence-corrected chi connectivity index (χ1v) is 8.37. The lowest BCUT2D eigenvalue weighted by atomic mass is 10.1. The first-order chi connectivity index (χ1) is 11.7. The van der Waals surface area contributed by atoms with Gasteiger partial charge in [-0.25, -0.2) is 4.79 Å². The summed E-state index contributed by atoms with van der Waals surface area (Å²) >= 11 is 0. The molecule has 24 heavy (non-hydrogen) atoms. The minimum absolute atomic E-state index is 0.0152. The molecule has 2 amide bonds. The van der Waals surface area contributed by atoms with E-state index in [-0.39, 0.29) is 25.2 Å². The summed E-state index contributed by atoms with van der Waals surface area (Å²) in [6.07, 6.45) is 2.50. The second-order valence-corrected chi connectivity index (χ2v) is 6.01. The molecule has 0 radical (unpaired) electrons. The van der Waals surface area contributed by atoms with E-state index in [1.165, 1.54) is 11.1 Å². The molecule has 128 valence electrons. The zero-order valence-electron chi connectivity index (χ0n) is 14.1. The molecule has 0 fully saturated rings. The van der Waals surface area contributed by atoms with Crippen LogP contribution < -0.4 is 5.32 Å². The zero-order valence-corrected chi connectivity index (χ0v) is 14.1. The number of rotatable bonds is 5. The molecule has 1 aromatic heterocycles. The zero-order chi connectivity index (χ0) is 17.1. The summed E-state index contributed by atoms with van der Waals surface area (Å²) in [5.74, 6) is 0.593. The van der Waals surface area contributed by atoms with Gasteiger partial charge in [0.05, 0.1) is 12.6 Å². The number of amides is 2. The second-order valence-electron chi connectivity index (χ2n) is 6.01. The Hall–Kier alpha value is -2.34. The summed E-state index contributed by atoms with van der Waals surface area (Å²) in [7, 11) is 0. The third kappa shape index (κ3) is 3.01. The summed E-state index contributed by atoms with van der Waals surface area (Å²) in [4.78, 5) is 14.6. The number of nitrogens with zero attached hydrogens (tertiary/aromatic N) is 2. The lowest BCUT2D eigenvalue weighted by Gasteiger charge is -2.29. The molecule has 0 saturated carbocycles. The van der Waals surface area contributed by atoms with Crippen molar-refractivity contribution in [2.45, 2.75) is 39.2 Å². The predicted octanol–water partition coefficient (Wildman–Crippen LogP) is 3.06. The van der Waals surface area contributed by atoms with Crippen LogP contribution in [0, 0.1) is 6.92 Å². The van der Waals surface area contributed by atoms with Crippen LogP contribution in [0.3, 0.4) is 0 Å². The number of aliphatic hydroxyl groups excluding tert-OH is 1. The van der Waals surface area contributed by atoms with Crippen molar-refractivity contribution in [2.24, 2.45) is 0 Å². The summed E-state index contributed by atoms with van der Waals surface area (Å²) in [5.41, 5.74) is 3.81. The van der Waals surface area contributed by atoms with E-state index >= 15 is 0 Å². The average molecular weight is 329 g/mol. The van der Waals surface area contributed by atoms with Gasteiger partial charge in [0.15, 0.2) is 5.76 Å². The Morgan fingerprint density at radius 1 is 1.46 bits per heavy atom. The molecule has 1 atom stereocenters. The molecule has 1 unspecified atom stereocenters. The van der Waals surface area contributed by atoms with Crippen LogP contribution in [0.4, 0.5) is 10.5 Å². The molecule has 2 N–H and O–H groups in total. The van der Waals surface area contributed by atoms with Gasteiger partial charge in [0, 0.05) is 6.54 Å². The molecular formula is C18H23N3O3. The summed E-state index contributed by atoms with van der Waals surface area (Å²) in [6, 6.07) is 7.93. The number of nitrogens with one attached hydrogen (secondary N) is 1. The molecule has 6 nitrogen and oxygen atoms in total. The molecule has 6 heteroatoms. The minimum Gasteiger partial charge on any atom is -0.395 e. The molecule has 1 aliphatic rings. The number of carbonyl (C=O) groups is 1. The summed E-state index contributed by atoms with van der Waals surface area (Å²) in [5, 5.41) is 16.3. The van der Waals surface area contributed by atoms with Gasteiger partial charge in [-0.1, -0.05) is 36.3 Å². The van der Waals surface area contributed by atoms with Crippen molar-refractivity contribution >= 4 is 11.7 Å². The van der Waals surface area contributed by atoms with Crippen molar-refractivity contribution in [3.8, 4) is 0 Å². The van der Waals surface area contributed by atoms with Crippen molar-refractivity contribution < 1.29 is 14.4 Å². The van der Waals surface area contributed by atoms with Gasteiger partial charge < -0.3 is 19.8 Å². The predicted molar refractivity (Wildman–Crippen MR) is 90.9 cm³/mol. The van der Waals surface area contributed by atoms with Crippen LogP contribution in [0.1, 0.15) is 42.0 Å². The summed E-state index contributed by atoms with van der Waals surface area (Å²) < 4.78 is 5.18. The van der Waals surface area contributed by atoms with Crippen LogP contribution in [-0.2, 0) is 12.8 Å². The van der Waals surface area contributed by atoms with E-state index < -0.39 is 0 Å². The first kappa shape index (κ1) is 16.5. The number of hydrogen-bond acceptors (Lipinski definition) is 4. The smallest absolute Gasteiger partial charge is 0.322 e. The number of benzene rings is 1. The lowest BCUT2D eigenvalue weighted by molar-refractivity contribution is 0.162. The number of hydrogen-bond donors (Lipinski definition) is 2. The molecular weight excluding hydrogens is 306 g/mol. The minimum atomic E-state index is -0.230. The van der Waals surface area contributed by atoms with Crippen molar-refractivity contribution in [1.82, 2.24) is 10.1 Å². The van der Waals surface area contributed by atoms with E-state index in [9.17, 15) is 9.90 Å². The van der Waals surface area contributed by atoms with Crippen molar-refractivity contribution in [1.29, 1.82) is 0 Å². The van der Waals surface area contributed by atoms with E-state index in [4.69, 9.17) is 4.52 Å². The highest BCUT2D eigenvalue weighted by Crippen LogP contribution is 2.36. The van der Waals surface area contributed by atoms with E-state index in [0.29, 0.717) is 17.9 Å². The van der Waals surface area contributed by atoms with Gasteiger partial charge in [-0.2, -0.15) is 0 Å². The third-order valence-electron chi connectivity index (χ3n) is 4.58. The Kier molecular flexibility index (Phi) is 4.85. The number of fused-ring (bicyclic) bond motifs is 1. The largest absolute Gasteiger partial charge is 0.395 e. The molecule has 1 heterocycles. The number of aliphatic hydroxyl groups is 1. The number of urea groups is 1. The molecule has 0 aliphatic heterocycles. The van der Waals surface area contributed by atoms with E-state index in [1.807, 2.05) is 19.1 Å².